The van der Waals surface area contributed by atoms with Gasteiger partial charge in [-0.2, -0.15) is 0 Å². The average molecular weight is 402 g/mol. The molecular formula is C19H20ClN5O3. The number of benzene rings is 1. The lowest BCUT2D eigenvalue weighted by molar-refractivity contribution is -0.142. The molecule has 0 aromatic heterocycles. The first kappa shape index (κ1) is 18.5. The lowest BCUT2D eigenvalue weighted by atomic mass is 10.1. The number of anilines is 1. The Bertz CT molecular complexity index is 959. The maximum atomic E-state index is 13.2. The number of guanidine groups is 1. The third-order valence-corrected chi connectivity index (χ3v) is 5.61. The van der Waals surface area contributed by atoms with Gasteiger partial charge < -0.3 is 9.80 Å². The van der Waals surface area contributed by atoms with Crippen LogP contribution in [-0.2, 0) is 9.59 Å². The quantitative estimate of drug-likeness (QED) is 0.776. The zero-order valence-electron chi connectivity index (χ0n) is 16.0. The van der Waals surface area contributed by atoms with Crippen molar-refractivity contribution in [2.75, 3.05) is 11.9 Å². The fraction of sp³-hybridized carbons (Fsp3) is 0.368. The van der Waals surface area contributed by atoms with Crippen LogP contribution in [0.2, 0.25) is 5.02 Å². The molecule has 3 atom stereocenters. The fourth-order valence-electron chi connectivity index (χ4n) is 3.79. The van der Waals surface area contributed by atoms with Crippen LogP contribution in [0, 0.1) is 0 Å². The van der Waals surface area contributed by atoms with Gasteiger partial charge in [0.05, 0.1) is 11.7 Å². The molecule has 4 rings (SSSR count). The molecule has 9 heteroatoms. The smallest absolute Gasteiger partial charge is 0.302 e. The predicted octanol–water partition coefficient (Wildman–Crippen LogP) is 2.26. The molecule has 1 fully saturated rings. The highest BCUT2D eigenvalue weighted by Crippen LogP contribution is 2.37. The first-order chi connectivity index (χ1) is 13.2. The minimum atomic E-state index is -0.829. The number of rotatable bonds is 3. The molecular weight excluding hydrogens is 382 g/mol. The Morgan fingerprint density at radius 3 is 2.64 bits per heavy atom. The van der Waals surface area contributed by atoms with Gasteiger partial charge in [-0.15, -0.1) is 0 Å². The zero-order chi connectivity index (χ0) is 20.3. The molecule has 0 aliphatic carbocycles. The number of imide groups is 1. The van der Waals surface area contributed by atoms with Gasteiger partial charge in [-0.3, -0.25) is 19.4 Å². The Hall–Kier alpha value is -2.87. The number of hydrogen-bond acceptors (Lipinski definition) is 6. The van der Waals surface area contributed by atoms with Crippen molar-refractivity contribution < 1.29 is 14.4 Å². The fourth-order valence-corrected chi connectivity index (χ4v) is 3.97. The highest BCUT2D eigenvalue weighted by molar-refractivity contribution is 6.31. The highest BCUT2D eigenvalue weighted by atomic mass is 35.5. The number of aliphatic imine (C=N–C) groups is 1. The second kappa shape index (κ2) is 6.34. The van der Waals surface area contributed by atoms with Gasteiger partial charge in [0.2, 0.25) is 5.96 Å². The Morgan fingerprint density at radius 2 is 2.00 bits per heavy atom. The topological polar surface area (TPSA) is 76.5 Å². The maximum absolute atomic E-state index is 13.2. The van der Waals surface area contributed by atoms with Gasteiger partial charge in [0, 0.05) is 24.0 Å². The monoisotopic (exact) mass is 401 g/mol. The van der Waals surface area contributed by atoms with Gasteiger partial charge in [0.25, 0.3) is 5.91 Å². The molecule has 0 N–H and O–H groups in total. The predicted molar refractivity (Wildman–Crippen MR) is 105 cm³/mol. The summed E-state index contributed by atoms with van der Waals surface area (Å²) in [4.78, 5) is 48.6. The van der Waals surface area contributed by atoms with Crippen molar-refractivity contribution in [3.05, 3.63) is 41.2 Å². The van der Waals surface area contributed by atoms with Crippen LogP contribution in [0.3, 0.4) is 0 Å². The summed E-state index contributed by atoms with van der Waals surface area (Å²) in [6.07, 6.45) is 1.18. The summed E-state index contributed by atoms with van der Waals surface area (Å²) in [5, 5.41) is 0.588. The van der Waals surface area contributed by atoms with Crippen molar-refractivity contribution in [2.24, 2.45) is 4.99 Å². The lowest BCUT2D eigenvalue weighted by Crippen LogP contribution is -2.66. The van der Waals surface area contributed by atoms with Crippen LogP contribution < -0.4 is 4.90 Å². The molecule has 1 aromatic rings. The summed E-state index contributed by atoms with van der Waals surface area (Å²) in [5.41, 5.74) is 1.69. The van der Waals surface area contributed by atoms with Crippen LogP contribution in [-0.4, -0.2) is 63.7 Å². The van der Waals surface area contributed by atoms with E-state index in [0.29, 0.717) is 11.0 Å². The Morgan fingerprint density at radius 1 is 1.29 bits per heavy atom. The molecule has 3 amide bonds. The number of halogens is 1. The normalized spacial score (nSPS) is 24.9. The van der Waals surface area contributed by atoms with Crippen LogP contribution >= 0.6 is 11.6 Å². The zero-order valence-corrected chi connectivity index (χ0v) is 16.7. The molecule has 146 valence electrons. The maximum Gasteiger partial charge on any atom is 0.328 e. The van der Waals surface area contributed by atoms with E-state index in [9.17, 15) is 14.4 Å². The van der Waals surface area contributed by atoms with E-state index < -0.39 is 30.2 Å². The Labute approximate surface area is 167 Å². The molecule has 0 bridgehead atoms. The summed E-state index contributed by atoms with van der Waals surface area (Å²) < 4.78 is 0. The first-order valence-corrected chi connectivity index (χ1v) is 9.30. The van der Waals surface area contributed by atoms with E-state index in [4.69, 9.17) is 11.6 Å². The van der Waals surface area contributed by atoms with Gasteiger partial charge >= 0.3 is 6.03 Å². The van der Waals surface area contributed by atoms with E-state index in [-0.39, 0.29) is 5.78 Å². The minimum absolute atomic E-state index is 0.249. The van der Waals surface area contributed by atoms with Crippen LogP contribution in [0.4, 0.5) is 10.5 Å². The summed E-state index contributed by atoms with van der Waals surface area (Å²) in [6, 6.07) is 5.28. The minimum Gasteiger partial charge on any atom is -0.302 e. The molecule has 0 radical (unpaired) electrons. The molecule has 8 nitrogen and oxygen atoms in total. The third-order valence-electron chi connectivity index (χ3n) is 5.38. The molecule has 3 aliphatic heterocycles. The van der Waals surface area contributed by atoms with Gasteiger partial charge in [0.1, 0.15) is 0 Å². The summed E-state index contributed by atoms with van der Waals surface area (Å²) in [6.45, 7) is 4.84. The SMILES string of the molecule is CC(=O)C(C)N1C(=O)C2C(N=C3N(c4cccc(Cl)c4)C(C)=CN32)N(C)C1=O. The van der Waals surface area contributed by atoms with Crippen LogP contribution in [0.1, 0.15) is 20.8 Å². The molecule has 3 aliphatic rings. The number of fused-ring (bicyclic) bond motifs is 3. The van der Waals surface area contributed by atoms with Crippen LogP contribution in [0.5, 0.6) is 0 Å². The molecule has 1 aromatic carbocycles. The number of likely N-dealkylation sites (N-methyl/N-ethyl adjacent to an activating group) is 1. The molecule has 0 spiro atoms. The van der Waals surface area contributed by atoms with E-state index in [0.717, 1.165) is 16.3 Å². The number of amides is 3. The number of Topliss-reactive ketones (excluding diaryl/α,β-unsaturated/α-hetero) is 1. The van der Waals surface area contributed by atoms with Gasteiger partial charge in [-0.1, -0.05) is 17.7 Å². The van der Waals surface area contributed by atoms with Crippen LogP contribution in [0.15, 0.2) is 41.2 Å². The third kappa shape index (κ3) is 2.51. The second-order valence-corrected chi connectivity index (χ2v) is 7.61. The van der Waals surface area contributed by atoms with E-state index in [1.54, 1.807) is 24.9 Å². The first-order valence-electron chi connectivity index (χ1n) is 8.93. The van der Waals surface area contributed by atoms with Crippen molar-refractivity contribution >= 4 is 41.0 Å². The number of ketones is 1. The van der Waals surface area contributed by atoms with Gasteiger partial charge in [0.15, 0.2) is 18.0 Å². The number of nitrogens with zero attached hydrogens (tertiary/aromatic N) is 5. The number of carbonyl (C=O) groups excluding carboxylic acids is 3. The van der Waals surface area contributed by atoms with Crippen molar-refractivity contribution in [2.45, 2.75) is 39.0 Å². The summed E-state index contributed by atoms with van der Waals surface area (Å²) in [7, 11) is 1.60. The Balaban J connectivity index is 1.74. The highest BCUT2D eigenvalue weighted by Gasteiger charge is 2.55. The summed E-state index contributed by atoms with van der Waals surface area (Å²) in [5.74, 6) is -0.118. The van der Waals surface area contributed by atoms with E-state index in [1.807, 2.05) is 36.2 Å². The number of urea groups is 1. The number of hydrogen-bond donors (Lipinski definition) is 0. The molecule has 28 heavy (non-hydrogen) atoms. The van der Waals surface area contributed by atoms with Gasteiger partial charge in [-0.05, 0) is 39.0 Å². The standard InChI is InChI=1S/C19H20ClN5O3/c1-10-9-23-15-16(21-18(23)24(10)14-7-5-6-13(20)8-14)22(4)19(28)25(17(15)27)11(2)12(3)26/h5-9,11,15-16H,1-4H3. The number of allylic oxidation sites excluding steroid dienone is 1. The van der Waals surface area contributed by atoms with Crippen molar-refractivity contribution in [3.8, 4) is 0 Å². The molecule has 1 saturated heterocycles. The van der Waals surface area contributed by atoms with Crippen molar-refractivity contribution in [1.82, 2.24) is 14.7 Å². The van der Waals surface area contributed by atoms with E-state index >= 15 is 0 Å². The van der Waals surface area contributed by atoms with Crippen molar-refractivity contribution in [3.63, 3.8) is 0 Å². The second-order valence-electron chi connectivity index (χ2n) is 7.17. The average Bonchev–Trinajstić information content (AvgIpc) is 3.14. The van der Waals surface area contributed by atoms with E-state index in [2.05, 4.69) is 4.99 Å². The largest absolute Gasteiger partial charge is 0.328 e. The molecule has 0 saturated carbocycles. The van der Waals surface area contributed by atoms with Crippen molar-refractivity contribution in [1.29, 1.82) is 0 Å². The van der Waals surface area contributed by atoms with Gasteiger partial charge in [-0.25, -0.2) is 9.79 Å². The number of carbonyl (C=O) groups is 3. The molecule has 3 unspecified atom stereocenters. The summed E-state index contributed by atoms with van der Waals surface area (Å²) >= 11 is 6.14. The van der Waals surface area contributed by atoms with E-state index in [1.165, 1.54) is 11.8 Å². The van der Waals surface area contributed by atoms with Crippen LogP contribution in [0.25, 0.3) is 0 Å². The Kier molecular flexibility index (Phi) is 4.19. The lowest BCUT2D eigenvalue weighted by Gasteiger charge is -2.41. The molecule has 3 heterocycles.